The normalized spacial score (nSPS) is 18.3. The first-order chi connectivity index (χ1) is 13.5. The number of amides is 1. The van der Waals surface area contributed by atoms with Gasteiger partial charge in [0, 0.05) is 6.54 Å². The zero-order valence-electron chi connectivity index (χ0n) is 15.2. The SMILES string of the molecule is C=CCN1C(=O)/C(=C/c2ccc3c(c2)OCO3)SC1=Nc1ccc(C)cc1O. The molecule has 6 nitrogen and oxygen atoms in total. The van der Waals surface area contributed by atoms with Crippen molar-refractivity contribution in [3.8, 4) is 17.2 Å². The Labute approximate surface area is 166 Å². The van der Waals surface area contributed by atoms with E-state index in [0.29, 0.717) is 33.8 Å². The molecule has 28 heavy (non-hydrogen) atoms. The number of fused-ring (bicyclic) bond motifs is 1. The maximum Gasteiger partial charge on any atom is 0.267 e. The maximum atomic E-state index is 12.9. The van der Waals surface area contributed by atoms with E-state index >= 15 is 0 Å². The number of phenolic OH excluding ortho intramolecular Hbond substituents is 1. The molecule has 142 valence electrons. The molecule has 1 N–H and O–H groups in total. The Bertz CT molecular complexity index is 1030. The number of carbonyl (C=O) groups excluding carboxylic acids is 1. The van der Waals surface area contributed by atoms with Gasteiger partial charge in [-0.1, -0.05) is 18.2 Å². The highest BCUT2D eigenvalue weighted by molar-refractivity contribution is 8.18. The predicted octanol–water partition coefficient (Wildman–Crippen LogP) is 4.22. The van der Waals surface area contributed by atoms with Gasteiger partial charge in [-0.05, 0) is 60.2 Å². The first-order valence-electron chi connectivity index (χ1n) is 8.65. The van der Waals surface area contributed by atoms with Gasteiger partial charge in [-0.3, -0.25) is 9.69 Å². The van der Waals surface area contributed by atoms with E-state index in [1.807, 2.05) is 31.2 Å². The first-order valence-corrected chi connectivity index (χ1v) is 9.47. The maximum absolute atomic E-state index is 12.9. The van der Waals surface area contributed by atoms with Crippen molar-refractivity contribution in [1.82, 2.24) is 4.90 Å². The Balaban J connectivity index is 1.68. The molecule has 2 aliphatic heterocycles. The lowest BCUT2D eigenvalue weighted by atomic mass is 10.2. The lowest BCUT2D eigenvalue weighted by Crippen LogP contribution is -2.29. The Morgan fingerprint density at radius 2 is 2.07 bits per heavy atom. The number of aryl methyl sites for hydroxylation is 1. The average Bonchev–Trinajstić information content (AvgIpc) is 3.24. The largest absolute Gasteiger partial charge is 0.506 e. The summed E-state index contributed by atoms with van der Waals surface area (Å²) in [5, 5.41) is 10.6. The van der Waals surface area contributed by atoms with E-state index in [9.17, 15) is 9.90 Å². The molecule has 2 aliphatic rings. The second-order valence-corrected chi connectivity index (χ2v) is 7.32. The minimum Gasteiger partial charge on any atom is -0.506 e. The van der Waals surface area contributed by atoms with Crippen LogP contribution in [-0.4, -0.2) is 34.4 Å². The highest BCUT2D eigenvalue weighted by atomic mass is 32.2. The fourth-order valence-electron chi connectivity index (χ4n) is 2.87. The van der Waals surface area contributed by atoms with E-state index in [1.54, 1.807) is 24.3 Å². The summed E-state index contributed by atoms with van der Waals surface area (Å²) >= 11 is 1.26. The van der Waals surface area contributed by atoms with Crippen molar-refractivity contribution in [2.45, 2.75) is 6.92 Å². The molecule has 0 aliphatic carbocycles. The molecule has 2 aromatic rings. The van der Waals surface area contributed by atoms with Crippen molar-refractivity contribution >= 4 is 34.6 Å². The standard InChI is InChI=1S/C21H18N2O4S/c1-3-8-23-20(25)19(11-14-5-7-17-18(10-14)27-12-26-17)28-21(23)22-15-6-4-13(2)9-16(15)24/h3-7,9-11,24H,1,8,12H2,2H3/b19-11-,22-21?. The molecule has 0 unspecified atom stereocenters. The molecule has 1 fully saturated rings. The smallest absolute Gasteiger partial charge is 0.267 e. The monoisotopic (exact) mass is 394 g/mol. The van der Waals surface area contributed by atoms with Crippen molar-refractivity contribution in [3.05, 3.63) is 65.1 Å². The molecule has 0 atom stereocenters. The van der Waals surface area contributed by atoms with Crippen LogP contribution < -0.4 is 9.47 Å². The van der Waals surface area contributed by atoms with Crippen LogP contribution in [0.2, 0.25) is 0 Å². The van der Waals surface area contributed by atoms with Crippen molar-refractivity contribution in [3.63, 3.8) is 0 Å². The van der Waals surface area contributed by atoms with Crippen molar-refractivity contribution in [1.29, 1.82) is 0 Å². The van der Waals surface area contributed by atoms with Gasteiger partial charge < -0.3 is 14.6 Å². The van der Waals surface area contributed by atoms with Crippen LogP contribution in [0.3, 0.4) is 0 Å². The molecule has 7 heteroatoms. The second-order valence-electron chi connectivity index (χ2n) is 6.31. The van der Waals surface area contributed by atoms with Crippen LogP contribution in [-0.2, 0) is 4.79 Å². The van der Waals surface area contributed by atoms with Crippen LogP contribution in [0.25, 0.3) is 6.08 Å². The molecule has 0 radical (unpaired) electrons. The van der Waals surface area contributed by atoms with Crippen molar-refractivity contribution in [2.24, 2.45) is 4.99 Å². The Morgan fingerprint density at radius 1 is 1.25 bits per heavy atom. The van der Waals surface area contributed by atoms with Crippen LogP contribution in [0.4, 0.5) is 5.69 Å². The van der Waals surface area contributed by atoms with Gasteiger partial charge in [-0.2, -0.15) is 0 Å². The van der Waals surface area contributed by atoms with Crippen molar-refractivity contribution < 1.29 is 19.4 Å². The summed E-state index contributed by atoms with van der Waals surface area (Å²) in [7, 11) is 0. The van der Waals surface area contributed by atoms with Crippen LogP contribution >= 0.6 is 11.8 Å². The number of nitrogens with zero attached hydrogens (tertiary/aromatic N) is 2. The molecule has 2 heterocycles. The van der Waals surface area contributed by atoms with Crippen molar-refractivity contribution in [2.75, 3.05) is 13.3 Å². The summed E-state index contributed by atoms with van der Waals surface area (Å²) in [6.07, 6.45) is 3.44. The van der Waals surface area contributed by atoms with E-state index in [2.05, 4.69) is 11.6 Å². The number of aromatic hydroxyl groups is 1. The molecule has 0 aromatic heterocycles. The summed E-state index contributed by atoms with van der Waals surface area (Å²) in [6.45, 7) is 6.14. The number of hydrogen-bond acceptors (Lipinski definition) is 6. The summed E-state index contributed by atoms with van der Waals surface area (Å²) in [6, 6.07) is 10.8. The first kappa shape index (κ1) is 18.2. The number of benzene rings is 2. The number of phenols is 1. The number of rotatable bonds is 4. The number of hydrogen-bond donors (Lipinski definition) is 1. The lowest BCUT2D eigenvalue weighted by molar-refractivity contribution is -0.121. The van der Waals surface area contributed by atoms with Gasteiger partial charge in [0.05, 0.1) is 4.91 Å². The molecular weight excluding hydrogens is 376 g/mol. The predicted molar refractivity (Wildman–Crippen MR) is 110 cm³/mol. The highest BCUT2D eigenvalue weighted by Crippen LogP contribution is 2.38. The van der Waals surface area contributed by atoms with E-state index < -0.39 is 0 Å². The quantitative estimate of drug-likeness (QED) is 0.621. The summed E-state index contributed by atoms with van der Waals surface area (Å²) in [5.41, 5.74) is 2.18. The van der Waals surface area contributed by atoms with Gasteiger partial charge in [0.15, 0.2) is 16.7 Å². The molecule has 0 bridgehead atoms. The van der Waals surface area contributed by atoms with E-state index in [4.69, 9.17) is 9.47 Å². The van der Waals surface area contributed by atoms with Gasteiger partial charge >= 0.3 is 0 Å². The van der Waals surface area contributed by atoms with Crippen LogP contribution in [0.5, 0.6) is 17.2 Å². The molecule has 2 aromatic carbocycles. The highest BCUT2D eigenvalue weighted by Gasteiger charge is 2.33. The minimum absolute atomic E-state index is 0.0762. The Morgan fingerprint density at radius 3 is 2.86 bits per heavy atom. The second kappa shape index (κ2) is 7.44. The molecular formula is C21H18N2O4S. The van der Waals surface area contributed by atoms with Gasteiger partial charge in [-0.25, -0.2) is 4.99 Å². The lowest BCUT2D eigenvalue weighted by Gasteiger charge is -2.12. The molecule has 0 saturated carbocycles. The number of carbonyl (C=O) groups is 1. The Hall–Kier alpha value is -3.19. The molecule has 4 rings (SSSR count). The molecule has 1 amide bonds. The van der Waals surface area contributed by atoms with Crippen LogP contribution in [0, 0.1) is 6.92 Å². The molecule has 1 saturated heterocycles. The number of aliphatic imine (C=N–C) groups is 1. The number of thioether (sulfide) groups is 1. The minimum atomic E-state index is -0.159. The Kier molecular flexibility index (Phi) is 4.83. The zero-order chi connectivity index (χ0) is 19.7. The van der Waals surface area contributed by atoms with Gasteiger partial charge in [0.25, 0.3) is 5.91 Å². The average molecular weight is 394 g/mol. The topological polar surface area (TPSA) is 71.4 Å². The summed E-state index contributed by atoms with van der Waals surface area (Å²) in [5.74, 6) is 1.27. The van der Waals surface area contributed by atoms with E-state index in [-0.39, 0.29) is 18.4 Å². The van der Waals surface area contributed by atoms with E-state index in [0.717, 1.165) is 11.1 Å². The van der Waals surface area contributed by atoms with Gasteiger partial charge in [0.1, 0.15) is 11.4 Å². The van der Waals surface area contributed by atoms with Crippen LogP contribution in [0.15, 0.2) is 59.0 Å². The zero-order valence-corrected chi connectivity index (χ0v) is 16.0. The number of ether oxygens (including phenoxy) is 2. The molecule has 0 spiro atoms. The van der Waals surface area contributed by atoms with Crippen LogP contribution in [0.1, 0.15) is 11.1 Å². The fraction of sp³-hybridized carbons (Fsp3) is 0.143. The fourth-order valence-corrected chi connectivity index (χ4v) is 3.87. The number of amidine groups is 1. The van der Waals surface area contributed by atoms with E-state index in [1.165, 1.54) is 16.7 Å². The third-order valence-electron chi connectivity index (χ3n) is 4.24. The summed E-state index contributed by atoms with van der Waals surface area (Å²) < 4.78 is 10.7. The van der Waals surface area contributed by atoms with Gasteiger partial charge in [0.2, 0.25) is 6.79 Å². The third-order valence-corrected chi connectivity index (χ3v) is 5.25. The summed E-state index contributed by atoms with van der Waals surface area (Å²) in [4.78, 5) is 19.4. The van der Waals surface area contributed by atoms with Gasteiger partial charge in [-0.15, -0.1) is 6.58 Å². The third kappa shape index (κ3) is 3.48.